The fourth-order valence-corrected chi connectivity index (χ4v) is 4.53. The van der Waals surface area contributed by atoms with Gasteiger partial charge in [-0.3, -0.25) is 0 Å². The van der Waals surface area contributed by atoms with Crippen LogP contribution in [0.5, 0.6) is 0 Å². The zero-order valence-corrected chi connectivity index (χ0v) is 17.0. The van der Waals surface area contributed by atoms with Crippen LogP contribution >= 0.6 is 0 Å². The fraction of sp³-hybridized carbons (Fsp3) is 0.947. The summed E-state index contributed by atoms with van der Waals surface area (Å²) in [7, 11) is 0. The second-order valence-corrected chi connectivity index (χ2v) is 8.13. The fourth-order valence-electron chi connectivity index (χ4n) is 3.89. The van der Waals surface area contributed by atoms with Crippen molar-refractivity contribution >= 4 is 1.50 Å². The molecule has 0 heterocycles. The molecule has 1 fully saturated rings. The Morgan fingerprint density at radius 3 is 1.95 bits per heavy atom. The predicted octanol–water partition coefficient (Wildman–Crippen LogP) is 6.46. The molecule has 0 bridgehead atoms. The summed E-state index contributed by atoms with van der Waals surface area (Å²) in [5.74, 6) is 2.21. The van der Waals surface area contributed by atoms with Crippen LogP contribution in [0, 0.1) is 51.0 Å². The Balaban J connectivity index is 2.00. The molecule has 2 atom stereocenters. The van der Waals surface area contributed by atoms with Crippen molar-refractivity contribution in [3.63, 3.8) is 0 Å². The van der Waals surface area contributed by atoms with Gasteiger partial charge in [0.15, 0.2) is 0 Å². The average Bonchev–Trinajstić information content (AvgIpc) is 2.90. The molecular formula is C19H36Ce. The van der Waals surface area contributed by atoms with Crippen LogP contribution in [0.1, 0.15) is 103 Å². The van der Waals surface area contributed by atoms with Crippen LogP contribution in [0.4, 0.5) is 0 Å². The topological polar surface area (TPSA) is 0 Å². The van der Waals surface area contributed by atoms with E-state index in [4.69, 9.17) is 0 Å². The second-order valence-electron chi connectivity index (χ2n) is 6.85. The minimum absolute atomic E-state index is 1.10. The molecule has 0 spiro atoms. The van der Waals surface area contributed by atoms with E-state index >= 15 is 0 Å². The van der Waals surface area contributed by atoms with Crippen LogP contribution in [-0.4, -0.2) is 1.50 Å². The summed E-state index contributed by atoms with van der Waals surface area (Å²) >= 11 is 1.29. The van der Waals surface area contributed by atoms with Gasteiger partial charge in [-0.1, -0.05) is 26.2 Å². The van der Waals surface area contributed by atoms with E-state index in [0.717, 1.165) is 11.8 Å². The van der Waals surface area contributed by atoms with E-state index in [0.29, 0.717) is 0 Å². The Morgan fingerprint density at radius 2 is 1.35 bits per heavy atom. The van der Waals surface area contributed by atoms with E-state index in [1.807, 2.05) is 0 Å². The zero-order valence-electron chi connectivity index (χ0n) is 13.8. The van der Waals surface area contributed by atoms with Crippen LogP contribution in [0.3, 0.4) is 0 Å². The molecular weight excluding hydrogens is 368 g/mol. The molecule has 1 aliphatic rings. The van der Waals surface area contributed by atoms with Crippen LogP contribution in [0.15, 0.2) is 0 Å². The molecule has 0 aromatic rings. The van der Waals surface area contributed by atoms with Crippen LogP contribution in [0.25, 0.3) is 0 Å². The number of hydrogen-bond acceptors (Lipinski definition) is 0. The minimum atomic E-state index is 1.10. The molecule has 116 valence electrons. The van der Waals surface area contributed by atoms with Gasteiger partial charge >= 0.3 is 130 Å². The monoisotopic (exact) mass is 404 g/mol. The second kappa shape index (κ2) is 13.9. The first-order valence-corrected chi connectivity index (χ1v) is 11.2. The van der Waals surface area contributed by atoms with E-state index in [2.05, 4.69) is 8.42 Å². The van der Waals surface area contributed by atoms with Gasteiger partial charge in [0.2, 0.25) is 0 Å². The molecule has 20 heavy (non-hydrogen) atoms. The van der Waals surface area contributed by atoms with Gasteiger partial charge in [0.1, 0.15) is 0 Å². The van der Waals surface area contributed by atoms with E-state index in [9.17, 15) is 0 Å². The Hall–Kier alpha value is 1.25. The average molecular weight is 405 g/mol. The normalized spacial score (nSPS) is 22.2. The first-order chi connectivity index (χ1) is 9.88. The van der Waals surface area contributed by atoms with Gasteiger partial charge in [-0.25, -0.2) is 0 Å². The third-order valence-corrected chi connectivity index (χ3v) is 6.07. The summed E-state index contributed by atoms with van der Waals surface area (Å²) in [4.78, 5) is 0. The van der Waals surface area contributed by atoms with Crippen molar-refractivity contribution in [2.75, 3.05) is 0 Å². The van der Waals surface area contributed by atoms with Crippen LogP contribution in [0.2, 0.25) is 0 Å². The first kappa shape index (κ1) is 19.3. The molecule has 0 radical (unpaired) electrons. The van der Waals surface area contributed by atoms with Crippen LogP contribution in [-0.2, 0) is 0 Å². The third kappa shape index (κ3) is 9.30. The standard InChI is InChI=1S/C19H36.Ce/c1-3-5-7-9-10-12-15-19-17-13-16-18(19)14-11-8-6-4-2;/h2,18-19H,3-17H2,1H3;/t18-,19-;/m0./s1. The molecule has 0 unspecified atom stereocenters. The molecule has 1 rings (SSSR count). The summed E-state index contributed by atoms with van der Waals surface area (Å²) in [6, 6.07) is 0. The van der Waals surface area contributed by atoms with Gasteiger partial charge in [0.05, 0.1) is 0 Å². The van der Waals surface area contributed by atoms with Crippen molar-refractivity contribution in [3.8, 4) is 0 Å². The van der Waals surface area contributed by atoms with E-state index in [1.165, 1.54) is 110 Å². The van der Waals surface area contributed by atoms with Crippen molar-refractivity contribution < 1.29 is 39.1 Å². The molecule has 0 nitrogen and oxygen atoms in total. The van der Waals surface area contributed by atoms with E-state index in [1.54, 1.807) is 25.7 Å². The first-order valence-electron chi connectivity index (χ1n) is 9.37. The summed E-state index contributed by atoms with van der Waals surface area (Å²) in [5, 5.41) is 0. The van der Waals surface area contributed by atoms with Crippen molar-refractivity contribution in [2.24, 2.45) is 11.8 Å². The Kier molecular flexibility index (Phi) is 13.4. The van der Waals surface area contributed by atoms with Gasteiger partial charge in [-0.2, -0.15) is 0 Å². The molecule has 1 saturated carbocycles. The molecule has 0 saturated heterocycles. The van der Waals surface area contributed by atoms with Crippen molar-refractivity contribution in [3.05, 3.63) is 0 Å². The SMILES string of the molecule is CCCCCCCC[C@H]1CCC[C@@H]1CCCCC[CH]=[Ce]. The Morgan fingerprint density at radius 1 is 0.800 bits per heavy atom. The third-order valence-electron chi connectivity index (χ3n) is 5.17. The van der Waals surface area contributed by atoms with Gasteiger partial charge in [0.25, 0.3) is 0 Å². The van der Waals surface area contributed by atoms with Gasteiger partial charge in [-0.05, 0) is 0 Å². The maximum atomic E-state index is 2.46. The number of rotatable bonds is 13. The Bertz CT molecular complexity index is 224. The summed E-state index contributed by atoms with van der Waals surface area (Å²) in [5.41, 5.74) is 0. The zero-order chi connectivity index (χ0) is 14.5. The van der Waals surface area contributed by atoms with Gasteiger partial charge < -0.3 is 0 Å². The van der Waals surface area contributed by atoms with Gasteiger partial charge in [0, 0.05) is 0 Å². The number of hydrogen-bond donors (Lipinski definition) is 0. The molecule has 1 aliphatic carbocycles. The summed E-state index contributed by atoms with van der Waals surface area (Å²) in [6.45, 7) is 2.31. The summed E-state index contributed by atoms with van der Waals surface area (Å²) in [6.07, 6.45) is 22.4. The van der Waals surface area contributed by atoms with Crippen molar-refractivity contribution in [2.45, 2.75) is 103 Å². The molecule has 0 aromatic carbocycles. The molecule has 0 aliphatic heterocycles. The quantitative estimate of drug-likeness (QED) is 0.309. The molecule has 0 N–H and O–H groups in total. The van der Waals surface area contributed by atoms with Gasteiger partial charge in [-0.15, -0.1) is 0 Å². The van der Waals surface area contributed by atoms with E-state index in [-0.39, 0.29) is 0 Å². The maximum absolute atomic E-state index is 2.46. The number of unbranched alkanes of at least 4 members (excludes halogenated alkanes) is 8. The Labute approximate surface area is 154 Å². The van der Waals surface area contributed by atoms with Crippen molar-refractivity contribution in [1.82, 2.24) is 0 Å². The summed E-state index contributed by atoms with van der Waals surface area (Å²) < 4.78 is 2.46. The van der Waals surface area contributed by atoms with E-state index < -0.39 is 0 Å². The molecule has 1 heteroatoms. The van der Waals surface area contributed by atoms with Crippen LogP contribution < -0.4 is 0 Å². The predicted molar refractivity (Wildman–Crippen MR) is 88.0 cm³/mol. The molecule has 0 amide bonds. The molecule has 0 aromatic heterocycles. The van der Waals surface area contributed by atoms with Crippen molar-refractivity contribution in [1.29, 1.82) is 0 Å².